The normalized spacial score (nSPS) is 12.1. The SMILES string of the molecule is C=CCOC(=O)C(/C=C/CCCCCCCCCCCCCCCCCCCCC)CC(=O)O. The topological polar surface area (TPSA) is 63.6 Å². The van der Waals surface area contributed by atoms with Crippen LogP contribution in [0.2, 0.25) is 0 Å². The fourth-order valence-corrected chi connectivity index (χ4v) is 4.27. The first-order chi connectivity index (χ1) is 16.6. The summed E-state index contributed by atoms with van der Waals surface area (Å²) in [7, 11) is 0. The van der Waals surface area contributed by atoms with Gasteiger partial charge in [0.05, 0.1) is 12.3 Å². The summed E-state index contributed by atoms with van der Waals surface area (Å²) >= 11 is 0. The van der Waals surface area contributed by atoms with E-state index in [1.54, 1.807) is 6.08 Å². The van der Waals surface area contributed by atoms with Crippen molar-refractivity contribution >= 4 is 11.9 Å². The number of unbranched alkanes of at least 4 members (excludes halogenated alkanes) is 19. The minimum atomic E-state index is -0.992. The number of esters is 1. The van der Waals surface area contributed by atoms with Crippen molar-refractivity contribution in [1.82, 2.24) is 0 Å². The van der Waals surface area contributed by atoms with Crippen molar-refractivity contribution in [3.63, 3.8) is 0 Å². The molecule has 0 rings (SSSR count). The van der Waals surface area contributed by atoms with Crippen LogP contribution in [0.4, 0.5) is 0 Å². The molecule has 0 spiro atoms. The Morgan fingerprint density at radius 3 is 1.53 bits per heavy atom. The van der Waals surface area contributed by atoms with Gasteiger partial charge < -0.3 is 9.84 Å². The van der Waals surface area contributed by atoms with Crippen LogP contribution in [0, 0.1) is 5.92 Å². The molecule has 4 heteroatoms. The predicted octanol–water partition coefficient (Wildman–Crippen LogP) is 9.18. The molecule has 0 aromatic carbocycles. The average Bonchev–Trinajstić information content (AvgIpc) is 2.82. The van der Waals surface area contributed by atoms with Gasteiger partial charge in [0.1, 0.15) is 6.61 Å². The standard InChI is InChI=1S/C30H54O4/c1-3-5-6-7-8-9-10-11-12-13-14-15-16-17-18-19-20-21-22-23-24-25-28(27-29(31)32)30(33)34-26-4-2/h4,24-25,28H,2-3,5-23,26-27H2,1H3,(H,31,32)/b25-24+. The van der Waals surface area contributed by atoms with Crippen molar-refractivity contribution in [3.8, 4) is 0 Å². The van der Waals surface area contributed by atoms with Crippen LogP contribution in [0.3, 0.4) is 0 Å². The van der Waals surface area contributed by atoms with Gasteiger partial charge >= 0.3 is 11.9 Å². The van der Waals surface area contributed by atoms with Crippen molar-refractivity contribution < 1.29 is 19.4 Å². The van der Waals surface area contributed by atoms with Crippen LogP contribution in [0.5, 0.6) is 0 Å². The first-order valence-electron chi connectivity index (χ1n) is 14.3. The quantitative estimate of drug-likeness (QED) is 0.0764. The van der Waals surface area contributed by atoms with Gasteiger partial charge in [-0.05, 0) is 12.8 Å². The Balaban J connectivity index is 3.45. The number of ether oxygens (including phenoxy) is 1. The largest absolute Gasteiger partial charge is 0.481 e. The lowest BCUT2D eigenvalue weighted by atomic mass is 10.0. The lowest BCUT2D eigenvalue weighted by Crippen LogP contribution is -2.19. The summed E-state index contributed by atoms with van der Waals surface area (Å²) in [5.74, 6) is -2.20. The number of carboxylic acids is 1. The summed E-state index contributed by atoms with van der Waals surface area (Å²) < 4.78 is 4.98. The third-order valence-electron chi connectivity index (χ3n) is 6.38. The molecule has 0 saturated carbocycles. The number of aliphatic carboxylic acids is 1. The van der Waals surface area contributed by atoms with Gasteiger partial charge in [0.15, 0.2) is 0 Å². The van der Waals surface area contributed by atoms with Gasteiger partial charge in [0.2, 0.25) is 0 Å². The zero-order chi connectivity index (χ0) is 25.1. The van der Waals surface area contributed by atoms with Gasteiger partial charge in [-0.25, -0.2) is 0 Å². The zero-order valence-corrected chi connectivity index (χ0v) is 22.2. The van der Waals surface area contributed by atoms with E-state index in [0.29, 0.717) is 0 Å². The van der Waals surface area contributed by atoms with E-state index >= 15 is 0 Å². The van der Waals surface area contributed by atoms with Crippen molar-refractivity contribution in [2.75, 3.05) is 6.61 Å². The molecular formula is C30H54O4. The molecule has 0 radical (unpaired) electrons. The number of carboxylic acid groups (broad SMARTS) is 1. The first-order valence-corrected chi connectivity index (χ1v) is 14.3. The lowest BCUT2D eigenvalue weighted by Gasteiger charge is -2.09. The van der Waals surface area contributed by atoms with E-state index in [2.05, 4.69) is 13.5 Å². The zero-order valence-electron chi connectivity index (χ0n) is 22.2. The molecule has 1 atom stereocenters. The molecule has 34 heavy (non-hydrogen) atoms. The van der Waals surface area contributed by atoms with Crippen LogP contribution < -0.4 is 0 Å². The molecule has 0 heterocycles. The molecule has 0 saturated heterocycles. The average molecular weight is 479 g/mol. The second kappa shape index (κ2) is 26.0. The van der Waals surface area contributed by atoms with Crippen LogP contribution in [0.1, 0.15) is 142 Å². The number of hydrogen-bond donors (Lipinski definition) is 1. The summed E-state index contributed by atoms with van der Waals surface area (Å²) in [4.78, 5) is 22.8. The first kappa shape index (κ1) is 32.4. The van der Waals surface area contributed by atoms with Crippen molar-refractivity contribution in [2.45, 2.75) is 142 Å². The third kappa shape index (κ3) is 23.6. The van der Waals surface area contributed by atoms with Gasteiger partial charge in [0.25, 0.3) is 0 Å². The molecule has 0 fully saturated rings. The fraction of sp³-hybridized carbons (Fsp3) is 0.800. The summed E-state index contributed by atoms with van der Waals surface area (Å²) in [5.41, 5.74) is 0. The Labute approximate surface area is 210 Å². The molecular weight excluding hydrogens is 424 g/mol. The number of hydrogen-bond acceptors (Lipinski definition) is 3. The second-order valence-electron chi connectivity index (χ2n) is 9.70. The maximum atomic E-state index is 11.9. The third-order valence-corrected chi connectivity index (χ3v) is 6.38. The number of carbonyl (C=O) groups is 2. The highest BCUT2D eigenvalue weighted by Gasteiger charge is 2.19. The Hall–Kier alpha value is -1.58. The maximum absolute atomic E-state index is 11.9. The summed E-state index contributed by atoms with van der Waals surface area (Å²) in [6.45, 7) is 5.89. The van der Waals surface area contributed by atoms with Crippen LogP contribution in [-0.2, 0) is 14.3 Å². The van der Waals surface area contributed by atoms with E-state index in [4.69, 9.17) is 9.84 Å². The highest BCUT2D eigenvalue weighted by atomic mass is 16.5. The second-order valence-corrected chi connectivity index (χ2v) is 9.70. The minimum Gasteiger partial charge on any atom is -0.481 e. The van der Waals surface area contributed by atoms with E-state index < -0.39 is 17.9 Å². The minimum absolute atomic E-state index is 0.113. The Kier molecular flexibility index (Phi) is 24.8. The Morgan fingerprint density at radius 1 is 0.735 bits per heavy atom. The molecule has 1 N–H and O–H groups in total. The summed E-state index contributed by atoms with van der Waals surface area (Å²) in [5, 5.41) is 8.97. The highest BCUT2D eigenvalue weighted by Crippen LogP contribution is 2.15. The molecule has 0 aromatic rings. The van der Waals surface area contributed by atoms with Gasteiger partial charge in [-0.1, -0.05) is 147 Å². The van der Waals surface area contributed by atoms with Crippen LogP contribution in [-0.4, -0.2) is 23.7 Å². The summed E-state index contributed by atoms with van der Waals surface area (Å²) in [6.07, 6.45) is 31.7. The van der Waals surface area contributed by atoms with Crippen molar-refractivity contribution in [1.29, 1.82) is 0 Å². The van der Waals surface area contributed by atoms with E-state index in [1.807, 2.05) is 6.08 Å². The van der Waals surface area contributed by atoms with Gasteiger partial charge in [-0.15, -0.1) is 0 Å². The maximum Gasteiger partial charge on any atom is 0.313 e. The fourth-order valence-electron chi connectivity index (χ4n) is 4.27. The van der Waals surface area contributed by atoms with Crippen LogP contribution in [0.15, 0.2) is 24.8 Å². The molecule has 4 nitrogen and oxygen atoms in total. The Morgan fingerprint density at radius 2 is 1.15 bits per heavy atom. The van der Waals surface area contributed by atoms with Gasteiger partial charge in [0, 0.05) is 0 Å². The molecule has 1 unspecified atom stereocenters. The van der Waals surface area contributed by atoms with Gasteiger partial charge in [-0.2, -0.15) is 0 Å². The van der Waals surface area contributed by atoms with E-state index in [0.717, 1.165) is 12.8 Å². The monoisotopic (exact) mass is 478 g/mol. The lowest BCUT2D eigenvalue weighted by molar-refractivity contribution is -0.150. The number of rotatable bonds is 26. The smallest absolute Gasteiger partial charge is 0.313 e. The molecule has 0 aromatic heterocycles. The Bertz CT molecular complexity index is 512. The van der Waals surface area contributed by atoms with E-state index in [9.17, 15) is 9.59 Å². The number of carbonyl (C=O) groups excluding carboxylic acids is 1. The molecule has 0 aliphatic heterocycles. The molecule has 0 aliphatic rings. The van der Waals surface area contributed by atoms with Gasteiger partial charge in [-0.3, -0.25) is 9.59 Å². The van der Waals surface area contributed by atoms with E-state index in [-0.39, 0.29) is 13.0 Å². The van der Waals surface area contributed by atoms with Crippen LogP contribution in [0.25, 0.3) is 0 Å². The molecule has 0 bridgehead atoms. The molecule has 0 amide bonds. The highest BCUT2D eigenvalue weighted by molar-refractivity contribution is 5.80. The van der Waals surface area contributed by atoms with Crippen molar-refractivity contribution in [2.24, 2.45) is 5.92 Å². The van der Waals surface area contributed by atoms with E-state index in [1.165, 1.54) is 122 Å². The van der Waals surface area contributed by atoms with Crippen LogP contribution >= 0.6 is 0 Å². The molecule has 198 valence electrons. The number of allylic oxidation sites excluding steroid dienone is 1. The predicted molar refractivity (Wildman–Crippen MR) is 144 cm³/mol. The molecule has 0 aliphatic carbocycles. The summed E-state index contributed by atoms with van der Waals surface area (Å²) in [6, 6.07) is 0. The van der Waals surface area contributed by atoms with Crippen molar-refractivity contribution in [3.05, 3.63) is 24.8 Å².